The number of aliphatic carboxylic acids is 1. The van der Waals surface area contributed by atoms with Gasteiger partial charge in [-0.3, -0.25) is 4.79 Å². The van der Waals surface area contributed by atoms with Crippen LogP contribution in [-0.4, -0.2) is 59.4 Å². The molecule has 8 nitrogen and oxygen atoms in total. The van der Waals surface area contributed by atoms with Gasteiger partial charge in [0.15, 0.2) is 0 Å². The molecule has 2 heterocycles. The second kappa shape index (κ2) is 7.18. The number of benzene rings is 1. The first-order valence-corrected chi connectivity index (χ1v) is 9.69. The van der Waals surface area contributed by atoms with Crippen LogP contribution in [0.1, 0.15) is 17.8 Å². The third-order valence-electron chi connectivity index (χ3n) is 4.38. The number of aryl methyl sites for hydroxylation is 1. The van der Waals surface area contributed by atoms with Crippen LogP contribution in [0.3, 0.4) is 0 Å². The van der Waals surface area contributed by atoms with Gasteiger partial charge in [0, 0.05) is 6.54 Å². The van der Waals surface area contributed by atoms with Crippen LogP contribution in [0.15, 0.2) is 35.2 Å². The number of aromatic nitrogens is 2. The smallest absolute Gasteiger partial charge is 0.305 e. The predicted molar refractivity (Wildman–Crippen MR) is 93.8 cm³/mol. The molecule has 9 heteroatoms. The fraction of sp³-hybridized carbons (Fsp3) is 0.412. The molecule has 0 aliphatic carbocycles. The zero-order valence-corrected chi connectivity index (χ0v) is 15.4. The molecule has 1 N–H and O–H groups in total. The summed E-state index contributed by atoms with van der Waals surface area (Å²) in [6, 6.07) is 8.53. The van der Waals surface area contributed by atoms with Crippen LogP contribution in [0.4, 0.5) is 0 Å². The fourth-order valence-corrected chi connectivity index (χ4v) is 5.21. The van der Waals surface area contributed by atoms with Gasteiger partial charge in [-0.2, -0.15) is 9.40 Å². The minimum Gasteiger partial charge on any atom is -0.481 e. The number of carbonyl (C=O) groups is 1. The first-order chi connectivity index (χ1) is 12.3. The zero-order valence-electron chi connectivity index (χ0n) is 14.6. The summed E-state index contributed by atoms with van der Waals surface area (Å²) in [5, 5.41) is 13.5. The Bertz CT molecular complexity index is 908. The molecule has 1 saturated heterocycles. The first kappa shape index (κ1) is 18.6. The lowest BCUT2D eigenvalue weighted by Crippen LogP contribution is -2.49. The van der Waals surface area contributed by atoms with Gasteiger partial charge in [-0.1, -0.05) is 18.2 Å². The van der Waals surface area contributed by atoms with Gasteiger partial charge in [-0.25, -0.2) is 13.1 Å². The number of carboxylic acid groups (broad SMARTS) is 1. The Morgan fingerprint density at radius 2 is 2.00 bits per heavy atom. The minimum atomic E-state index is -3.90. The van der Waals surface area contributed by atoms with Crippen molar-refractivity contribution in [3.63, 3.8) is 0 Å². The number of para-hydroxylation sites is 1. The molecule has 0 saturated carbocycles. The number of sulfonamides is 1. The lowest BCUT2D eigenvalue weighted by molar-refractivity contribution is -0.139. The van der Waals surface area contributed by atoms with E-state index in [2.05, 4.69) is 5.10 Å². The topological polar surface area (TPSA) is 102 Å². The number of hydrogen-bond acceptors (Lipinski definition) is 5. The fourth-order valence-electron chi connectivity index (χ4n) is 3.26. The van der Waals surface area contributed by atoms with Crippen molar-refractivity contribution in [2.45, 2.75) is 31.2 Å². The van der Waals surface area contributed by atoms with E-state index in [9.17, 15) is 13.2 Å². The first-order valence-electron chi connectivity index (χ1n) is 8.25. The Morgan fingerprint density at radius 1 is 1.31 bits per heavy atom. The zero-order chi connectivity index (χ0) is 18.9. The molecule has 1 aliphatic rings. The van der Waals surface area contributed by atoms with Crippen LogP contribution in [0.2, 0.25) is 0 Å². The third-order valence-corrected chi connectivity index (χ3v) is 6.58. The highest BCUT2D eigenvalue weighted by Gasteiger charge is 2.38. The van der Waals surface area contributed by atoms with Gasteiger partial charge in [0.05, 0.1) is 42.8 Å². The molecule has 0 unspecified atom stereocenters. The summed E-state index contributed by atoms with van der Waals surface area (Å²) < 4.78 is 34.7. The van der Waals surface area contributed by atoms with Gasteiger partial charge in [0.25, 0.3) is 0 Å². The number of rotatable bonds is 5. The summed E-state index contributed by atoms with van der Waals surface area (Å²) in [5.41, 5.74) is 1.64. The molecule has 0 radical (unpaired) electrons. The molecule has 26 heavy (non-hydrogen) atoms. The standard InChI is InChI=1S/C17H21N3O5S/c1-12-17(13(2)20(18-12)14-6-4-3-5-7-14)26(23,24)19-8-9-25-11-15(19)10-16(21)22/h3-7,15H,8-11H2,1-2H3,(H,21,22)/t15-/m1/s1. The lowest BCUT2D eigenvalue weighted by Gasteiger charge is -2.33. The van der Waals surface area contributed by atoms with Gasteiger partial charge < -0.3 is 9.84 Å². The summed E-state index contributed by atoms with van der Waals surface area (Å²) in [7, 11) is -3.90. The number of morpholine rings is 1. The molecule has 1 aromatic carbocycles. The largest absolute Gasteiger partial charge is 0.481 e. The molecule has 1 aromatic heterocycles. The molecule has 0 spiro atoms. The van der Waals surface area contributed by atoms with Crippen molar-refractivity contribution in [1.82, 2.24) is 14.1 Å². The molecule has 0 amide bonds. The van der Waals surface area contributed by atoms with Crippen molar-refractivity contribution in [1.29, 1.82) is 0 Å². The van der Waals surface area contributed by atoms with Crippen LogP contribution in [0.5, 0.6) is 0 Å². The summed E-state index contributed by atoms with van der Waals surface area (Å²) in [6.07, 6.45) is -0.301. The number of nitrogens with zero attached hydrogens (tertiary/aromatic N) is 3. The Morgan fingerprint density at radius 3 is 2.65 bits per heavy atom. The molecule has 1 atom stereocenters. The molecular formula is C17H21N3O5S. The highest BCUT2D eigenvalue weighted by atomic mass is 32.2. The SMILES string of the molecule is Cc1nn(-c2ccccc2)c(C)c1S(=O)(=O)N1CCOC[C@H]1CC(=O)O. The summed E-state index contributed by atoms with van der Waals surface area (Å²) in [5.74, 6) is -1.06. The highest BCUT2D eigenvalue weighted by molar-refractivity contribution is 7.89. The number of ether oxygens (including phenoxy) is 1. The van der Waals surface area contributed by atoms with E-state index in [-0.39, 0.29) is 31.1 Å². The van der Waals surface area contributed by atoms with Crippen molar-refractivity contribution in [2.75, 3.05) is 19.8 Å². The van der Waals surface area contributed by atoms with E-state index in [0.29, 0.717) is 11.4 Å². The van der Waals surface area contributed by atoms with E-state index in [1.165, 1.54) is 4.31 Å². The molecule has 2 aromatic rings. The second-order valence-electron chi connectivity index (χ2n) is 6.19. The van der Waals surface area contributed by atoms with Crippen LogP contribution in [0, 0.1) is 13.8 Å². The van der Waals surface area contributed by atoms with Crippen molar-refractivity contribution in [3.8, 4) is 5.69 Å². The van der Waals surface area contributed by atoms with E-state index >= 15 is 0 Å². The molecule has 0 bridgehead atoms. The van der Waals surface area contributed by atoms with E-state index < -0.39 is 22.0 Å². The van der Waals surface area contributed by atoms with Gasteiger partial charge in [0.2, 0.25) is 10.0 Å². The Hall–Kier alpha value is -2.23. The van der Waals surface area contributed by atoms with Crippen molar-refractivity contribution in [3.05, 3.63) is 41.7 Å². The Labute approximate surface area is 152 Å². The second-order valence-corrected chi connectivity index (χ2v) is 8.02. The predicted octanol–water partition coefficient (Wildman–Crippen LogP) is 1.35. The van der Waals surface area contributed by atoms with Crippen LogP contribution in [-0.2, 0) is 19.6 Å². The third kappa shape index (κ3) is 3.37. The van der Waals surface area contributed by atoms with Gasteiger partial charge in [-0.15, -0.1) is 0 Å². The molecule has 3 rings (SSSR count). The quantitative estimate of drug-likeness (QED) is 0.841. The Balaban J connectivity index is 2.04. The van der Waals surface area contributed by atoms with Crippen LogP contribution >= 0.6 is 0 Å². The summed E-state index contributed by atoms with van der Waals surface area (Å²) in [6.45, 7) is 3.77. The van der Waals surface area contributed by atoms with E-state index in [1.807, 2.05) is 30.3 Å². The average Bonchev–Trinajstić information content (AvgIpc) is 2.90. The number of carboxylic acids is 1. The van der Waals surface area contributed by atoms with Crippen LogP contribution < -0.4 is 0 Å². The van der Waals surface area contributed by atoms with Gasteiger partial charge in [0.1, 0.15) is 4.90 Å². The maximum atomic E-state index is 13.3. The summed E-state index contributed by atoms with van der Waals surface area (Å²) in [4.78, 5) is 11.2. The van der Waals surface area contributed by atoms with Gasteiger partial charge >= 0.3 is 5.97 Å². The molecule has 1 fully saturated rings. The maximum absolute atomic E-state index is 13.3. The Kier molecular flexibility index (Phi) is 5.12. The highest BCUT2D eigenvalue weighted by Crippen LogP contribution is 2.28. The van der Waals surface area contributed by atoms with E-state index in [0.717, 1.165) is 5.69 Å². The average molecular weight is 379 g/mol. The van der Waals surface area contributed by atoms with E-state index in [1.54, 1.807) is 18.5 Å². The monoisotopic (exact) mass is 379 g/mol. The van der Waals surface area contributed by atoms with E-state index in [4.69, 9.17) is 9.84 Å². The lowest BCUT2D eigenvalue weighted by atomic mass is 10.2. The molecule has 140 valence electrons. The molecule has 1 aliphatic heterocycles. The van der Waals surface area contributed by atoms with Crippen molar-refractivity contribution in [2.24, 2.45) is 0 Å². The van der Waals surface area contributed by atoms with Crippen LogP contribution in [0.25, 0.3) is 5.69 Å². The maximum Gasteiger partial charge on any atom is 0.305 e. The van der Waals surface area contributed by atoms with Crippen molar-refractivity contribution < 1.29 is 23.1 Å². The van der Waals surface area contributed by atoms with Crippen molar-refractivity contribution >= 4 is 16.0 Å². The minimum absolute atomic E-state index is 0.0659. The van der Waals surface area contributed by atoms with Gasteiger partial charge in [-0.05, 0) is 26.0 Å². The normalized spacial score (nSPS) is 18.8. The number of hydrogen-bond donors (Lipinski definition) is 1. The summed E-state index contributed by atoms with van der Waals surface area (Å²) >= 11 is 0. The molecular weight excluding hydrogens is 358 g/mol.